The molecule has 2 aromatic rings. The molecule has 1 aromatic carbocycles. The summed E-state index contributed by atoms with van der Waals surface area (Å²) in [6.45, 7) is 3.58. The average Bonchev–Trinajstić information content (AvgIpc) is 2.69. The molecule has 2 aliphatic rings. The number of hydrogen-bond donors (Lipinski definition) is 1. The highest BCUT2D eigenvalue weighted by Gasteiger charge is 2.31. The van der Waals surface area contributed by atoms with Crippen molar-refractivity contribution in [1.82, 2.24) is 14.9 Å². The zero-order chi connectivity index (χ0) is 17.9. The minimum Gasteiger partial charge on any atom is -0.486 e. The molecule has 0 bridgehead atoms. The molecule has 1 N–H and O–H groups in total. The summed E-state index contributed by atoms with van der Waals surface area (Å²) in [6.07, 6.45) is 3.42. The van der Waals surface area contributed by atoms with Crippen molar-refractivity contribution in [3.63, 3.8) is 0 Å². The first-order chi connectivity index (χ1) is 12.7. The molecule has 8 heteroatoms. The molecule has 2 aliphatic heterocycles. The number of anilines is 1. The number of ether oxygens (including phenoxy) is 2. The molecule has 0 amide bonds. The number of carboxylic acids is 1. The van der Waals surface area contributed by atoms with Gasteiger partial charge in [0.05, 0.1) is 0 Å². The Morgan fingerprint density at radius 1 is 1.04 bits per heavy atom. The SMILES string of the molecule is O=C(O)C(c1ccc2c(c1)OCCO2)N1CCN(c2ncccn2)CC1. The van der Waals surface area contributed by atoms with Crippen LogP contribution in [0.3, 0.4) is 0 Å². The van der Waals surface area contributed by atoms with Crippen molar-refractivity contribution >= 4 is 11.9 Å². The van der Waals surface area contributed by atoms with Gasteiger partial charge in [-0.05, 0) is 23.8 Å². The zero-order valence-corrected chi connectivity index (χ0v) is 14.2. The fraction of sp³-hybridized carbons (Fsp3) is 0.389. The summed E-state index contributed by atoms with van der Waals surface area (Å²) >= 11 is 0. The molecular weight excluding hydrogens is 336 g/mol. The lowest BCUT2D eigenvalue weighted by Gasteiger charge is -2.37. The van der Waals surface area contributed by atoms with Crippen molar-refractivity contribution in [1.29, 1.82) is 0 Å². The van der Waals surface area contributed by atoms with Crippen LogP contribution in [0.5, 0.6) is 11.5 Å². The predicted octanol–water partition coefficient (Wildman–Crippen LogP) is 1.20. The highest BCUT2D eigenvalue weighted by molar-refractivity contribution is 5.76. The smallest absolute Gasteiger partial charge is 0.325 e. The fourth-order valence-corrected chi connectivity index (χ4v) is 3.37. The molecule has 8 nitrogen and oxygen atoms in total. The van der Waals surface area contributed by atoms with Crippen molar-refractivity contribution < 1.29 is 19.4 Å². The molecule has 0 radical (unpaired) electrons. The lowest BCUT2D eigenvalue weighted by molar-refractivity contribution is -0.143. The molecular formula is C18H20N4O4. The lowest BCUT2D eigenvalue weighted by atomic mass is 10.0. The lowest BCUT2D eigenvalue weighted by Crippen LogP contribution is -2.49. The van der Waals surface area contributed by atoms with E-state index < -0.39 is 12.0 Å². The molecule has 1 fully saturated rings. The summed E-state index contributed by atoms with van der Waals surface area (Å²) in [5.41, 5.74) is 0.700. The van der Waals surface area contributed by atoms with E-state index in [0.717, 1.165) is 0 Å². The number of carboxylic acid groups (broad SMARTS) is 1. The van der Waals surface area contributed by atoms with E-state index in [1.54, 1.807) is 36.7 Å². The molecule has 3 heterocycles. The number of benzene rings is 1. The van der Waals surface area contributed by atoms with Crippen molar-refractivity contribution in [2.75, 3.05) is 44.3 Å². The zero-order valence-electron chi connectivity index (χ0n) is 14.2. The third kappa shape index (κ3) is 3.28. The minimum atomic E-state index is -0.869. The standard InChI is InChI=1S/C18H20N4O4/c23-17(24)16(13-2-3-14-15(12-13)26-11-10-25-14)21-6-8-22(9-7-21)18-19-4-1-5-20-18/h1-5,12,16H,6-11H2,(H,23,24). The van der Waals surface area contributed by atoms with E-state index in [0.29, 0.717) is 62.4 Å². The quantitative estimate of drug-likeness (QED) is 0.874. The van der Waals surface area contributed by atoms with Gasteiger partial charge in [0.25, 0.3) is 0 Å². The number of nitrogens with zero attached hydrogens (tertiary/aromatic N) is 4. The molecule has 1 unspecified atom stereocenters. The maximum atomic E-state index is 12.0. The molecule has 0 saturated carbocycles. The van der Waals surface area contributed by atoms with Crippen LogP contribution < -0.4 is 14.4 Å². The van der Waals surface area contributed by atoms with E-state index in [2.05, 4.69) is 14.9 Å². The first-order valence-electron chi connectivity index (χ1n) is 8.61. The summed E-state index contributed by atoms with van der Waals surface area (Å²) in [4.78, 5) is 24.5. The number of aromatic nitrogens is 2. The molecule has 26 heavy (non-hydrogen) atoms. The van der Waals surface area contributed by atoms with Gasteiger partial charge < -0.3 is 19.5 Å². The van der Waals surface area contributed by atoms with Gasteiger partial charge in [0.1, 0.15) is 19.3 Å². The predicted molar refractivity (Wildman–Crippen MR) is 93.6 cm³/mol. The van der Waals surface area contributed by atoms with Gasteiger partial charge in [0, 0.05) is 38.6 Å². The Morgan fingerprint density at radius 2 is 1.73 bits per heavy atom. The highest BCUT2D eigenvalue weighted by Crippen LogP contribution is 2.34. The van der Waals surface area contributed by atoms with E-state index in [4.69, 9.17) is 9.47 Å². The van der Waals surface area contributed by atoms with Crippen LogP contribution in [-0.4, -0.2) is 65.3 Å². The van der Waals surface area contributed by atoms with Gasteiger partial charge in [0.15, 0.2) is 11.5 Å². The van der Waals surface area contributed by atoms with Crippen LogP contribution in [0.1, 0.15) is 11.6 Å². The number of piperazine rings is 1. The topological polar surface area (TPSA) is 88.0 Å². The number of carbonyl (C=O) groups is 1. The molecule has 1 saturated heterocycles. The second kappa shape index (κ2) is 7.17. The van der Waals surface area contributed by atoms with Crippen LogP contribution in [0.4, 0.5) is 5.95 Å². The van der Waals surface area contributed by atoms with Gasteiger partial charge in [0.2, 0.25) is 5.95 Å². The van der Waals surface area contributed by atoms with Gasteiger partial charge in [-0.25, -0.2) is 9.97 Å². The first-order valence-corrected chi connectivity index (χ1v) is 8.61. The van der Waals surface area contributed by atoms with Gasteiger partial charge in [-0.3, -0.25) is 9.69 Å². The van der Waals surface area contributed by atoms with Crippen LogP contribution >= 0.6 is 0 Å². The van der Waals surface area contributed by atoms with Crippen molar-refractivity contribution in [3.8, 4) is 11.5 Å². The van der Waals surface area contributed by atoms with Crippen molar-refractivity contribution in [2.45, 2.75) is 6.04 Å². The normalized spacial score (nSPS) is 18.4. The molecule has 1 aromatic heterocycles. The van der Waals surface area contributed by atoms with E-state index in [1.807, 2.05) is 4.90 Å². The molecule has 0 aliphatic carbocycles. The summed E-state index contributed by atoms with van der Waals surface area (Å²) in [6, 6.07) is 6.43. The highest BCUT2D eigenvalue weighted by atomic mass is 16.6. The Labute approximate surface area is 151 Å². The summed E-state index contributed by atoms with van der Waals surface area (Å²) in [5.74, 6) is 1.08. The Hall–Kier alpha value is -2.87. The number of hydrogen-bond acceptors (Lipinski definition) is 7. The number of fused-ring (bicyclic) bond motifs is 1. The monoisotopic (exact) mass is 356 g/mol. The van der Waals surface area contributed by atoms with Crippen molar-refractivity contribution in [2.24, 2.45) is 0 Å². The Morgan fingerprint density at radius 3 is 2.42 bits per heavy atom. The largest absolute Gasteiger partial charge is 0.486 e. The maximum Gasteiger partial charge on any atom is 0.325 e. The van der Waals surface area contributed by atoms with Gasteiger partial charge in [-0.15, -0.1) is 0 Å². The molecule has 0 spiro atoms. The third-order valence-corrected chi connectivity index (χ3v) is 4.63. The maximum absolute atomic E-state index is 12.0. The summed E-state index contributed by atoms with van der Waals surface area (Å²) < 4.78 is 11.1. The van der Waals surface area contributed by atoms with Crippen LogP contribution in [-0.2, 0) is 4.79 Å². The first kappa shape index (κ1) is 16.6. The van der Waals surface area contributed by atoms with Gasteiger partial charge in [-0.2, -0.15) is 0 Å². The molecule has 4 rings (SSSR count). The summed E-state index contributed by atoms with van der Waals surface area (Å²) in [7, 11) is 0. The fourth-order valence-electron chi connectivity index (χ4n) is 3.37. The van der Waals surface area contributed by atoms with E-state index in [9.17, 15) is 9.90 Å². The Bertz CT molecular complexity index is 778. The van der Waals surface area contributed by atoms with Crippen LogP contribution in [0.2, 0.25) is 0 Å². The average molecular weight is 356 g/mol. The van der Waals surface area contributed by atoms with E-state index >= 15 is 0 Å². The van der Waals surface area contributed by atoms with E-state index in [-0.39, 0.29) is 0 Å². The van der Waals surface area contributed by atoms with Crippen molar-refractivity contribution in [3.05, 3.63) is 42.2 Å². The van der Waals surface area contributed by atoms with Crippen LogP contribution in [0, 0.1) is 0 Å². The summed E-state index contributed by atoms with van der Waals surface area (Å²) in [5, 5.41) is 9.81. The van der Waals surface area contributed by atoms with Crippen LogP contribution in [0.15, 0.2) is 36.7 Å². The molecule has 136 valence electrons. The van der Waals surface area contributed by atoms with Gasteiger partial charge in [-0.1, -0.05) is 6.07 Å². The van der Waals surface area contributed by atoms with Crippen LogP contribution in [0.25, 0.3) is 0 Å². The Kier molecular flexibility index (Phi) is 4.57. The van der Waals surface area contributed by atoms with Gasteiger partial charge >= 0.3 is 5.97 Å². The number of aliphatic carboxylic acids is 1. The van der Waals surface area contributed by atoms with E-state index in [1.165, 1.54) is 0 Å². The Balaban J connectivity index is 1.50. The minimum absolute atomic E-state index is 0.476. The second-order valence-corrected chi connectivity index (χ2v) is 6.22. The second-order valence-electron chi connectivity index (χ2n) is 6.22. The molecule has 1 atom stereocenters. The third-order valence-electron chi connectivity index (χ3n) is 4.63. The number of rotatable bonds is 4.